The number of aliphatic hydroxyl groups is 3. The van der Waals surface area contributed by atoms with Crippen LogP contribution in [0.2, 0.25) is 0 Å². The molecule has 1 heterocycles. The molecule has 0 aromatic heterocycles. The Kier molecular flexibility index (Phi) is 3.96. The summed E-state index contributed by atoms with van der Waals surface area (Å²) in [4.78, 5) is 17.1. The molecule has 0 aromatic carbocycles. The van der Waals surface area contributed by atoms with E-state index < -0.39 is 33.1 Å². The minimum Gasteiger partial charge on any atom is -0.388 e. The van der Waals surface area contributed by atoms with Crippen molar-refractivity contribution in [2.75, 3.05) is 6.61 Å². The first kappa shape index (κ1) is 11.2. The summed E-state index contributed by atoms with van der Waals surface area (Å²) in [5.41, 5.74) is 0. The molecule has 1 aliphatic heterocycles. The normalized spacial score (nSPS) is 41.1. The molecule has 6 N–H and O–H groups in total. The average molecular weight is 213 g/mol. The highest BCUT2D eigenvalue weighted by molar-refractivity contribution is 7.42. The average Bonchev–Trinajstić information content (AvgIpc) is 2.06. The van der Waals surface area contributed by atoms with E-state index in [-0.39, 0.29) is 6.61 Å². The van der Waals surface area contributed by atoms with Crippen LogP contribution in [0.1, 0.15) is 0 Å². The van der Waals surface area contributed by atoms with Gasteiger partial charge in [-0.05, 0) is 0 Å². The SMILES string of the molecule is O[C@@H]1[C@H](O)[C@H](O)CO[C@H]1NP(O)O. The lowest BCUT2D eigenvalue weighted by atomic mass is 10.1. The van der Waals surface area contributed by atoms with Crippen LogP contribution in [0, 0.1) is 0 Å². The van der Waals surface area contributed by atoms with Gasteiger partial charge in [-0.25, -0.2) is 5.09 Å². The molecule has 8 heteroatoms. The molecule has 13 heavy (non-hydrogen) atoms. The molecule has 0 aromatic rings. The van der Waals surface area contributed by atoms with Gasteiger partial charge in [-0.15, -0.1) is 0 Å². The van der Waals surface area contributed by atoms with Crippen LogP contribution in [0.15, 0.2) is 0 Å². The molecule has 0 saturated carbocycles. The van der Waals surface area contributed by atoms with Gasteiger partial charge in [-0.3, -0.25) is 0 Å². The summed E-state index contributed by atoms with van der Waals surface area (Å²) >= 11 is 0. The Morgan fingerprint density at radius 1 is 1.15 bits per heavy atom. The molecule has 0 bridgehead atoms. The molecule has 0 aliphatic carbocycles. The van der Waals surface area contributed by atoms with E-state index in [1.54, 1.807) is 0 Å². The first-order valence-corrected chi connectivity index (χ1v) is 4.87. The molecular formula is C5H12NO6P. The van der Waals surface area contributed by atoms with E-state index in [2.05, 4.69) is 5.09 Å². The molecular weight excluding hydrogens is 201 g/mol. The van der Waals surface area contributed by atoms with Crippen LogP contribution < -0.4 is 5.09 Å². The maximum Gasteiger partial charge on any atom is 0.252 e. The minimum atomic E-state index is -2.41. The van der Waals surface area contributed by atoms with Crippen LogP contribution in [0.4, 0.5) is 0 Å². The van der Waals surface area contributed by atoms with Gasteiger partial charge in [0.15, 0.2) is 0 Å². The quantitative estimate of drug-likeness (QED) is 0.274. The van der Waals surface area contributed by atoms with E-state index in [0.717, 1.165) is 0 Å². The third kappa shape index (κ3) is 2.80. The number of hydrogen-bond acceptors (Lipinski definition) is 7. The van der Waals surface area contributed by atoms with Gasteiger partial charge >= 0.3 is 0 Å². The Balaban J connectivity index is 2.48. The Bertz CT molecular complexity index is 169. The van der Waals surface area contributed by atoms with Crippen molar-refractivity contribution in [1.82, 2.24) is 5.09 Å². The van der Waals surface area contributed by atoms with Crippen LogP contribution in [-0.2, 0) is 4.74 Å². The third-order valence-electron chi connectivity index (χ3n) is 1.74. The molecule has 0 amide bonds. The molecule has 0 spiro atoms. The molecule has 4 atom stereocenters. The first-order valence-electron chi connectivity index (χ1n) is 3.62. The highest BCUT2D eigenvalue weighted by Crippen LogP contribution is 2.22. The highest BCUT2D eigenvalue weighted by Gasteiger charge is 2.38. The lowest BCUT2D eigenvalue weighted by molar-refractivity contribution is -0.190. The van der Waals surface area contributed by atoms with Crippen molar-refractivity contribution in [3.63, 3.8) is 0 Å². The summed E-state index contributed by atoms with van der Waals surface area (Å²) in [6.45, 7) is -0.168. The van der Waals surface area contributed by atoms with Gasteiger partial charge < -0.3 is 29.8 Å². The summed E-state index contributed by atoms with van der Waals surface area (Å²) in [6.07, 6.45) is -4.95. The van der Waals surface area contributed by atoms with Gasteiger partial charge in [0.2, 0.25) is 0 Å². The van der Waals surface area contributed by atoms with E-state index in [0.29, 0.717) is 0 Å². The van der Waals surface area contributed by atoms with Crippen LogP contribution >= 0.6 is 8.53 Å². The zero-order valence-electron chi connectivity index (χ0n) is 6.61. The van der Waals surface area contributed by atoms with Gasteiger partial charge in [0.05, 0.1) is 6.61 Å². The lowest BCUT2D eigenvalue weighted by Gasteiger charge is -2.35. The predicted molar refractivity (Wildman–Crippen MR) is 42.3 cm³/mol. The van der Waals surface area contributed by atoms with Crippen molar-refractivity contribution in [2.24, 2.45) is 0 Å². The molecule has 0 radical (unpaired) electrons. The Labute approximate surface area is 75.6 Å². The van der Waals surface area contributed by atoms with Gasteiger partial charge in [0.1, 0.15) is 24.5 Å². The summed E-state index contributed by atoms with van der Waals surface area (Å²) in [5, 5.41) is 29.5. The second-order valence-electron chi connectivity index (χ2n) is 2.72. The number of hydrogen-bond donors (Lipinski definition) is 6. The Morgan fingerprint density at radius 2 is 1.77 bits per heavy atom. The van der Waals surface area contributed by atoms with Crippen molar-refractivity contribution < 1.29 is 29.8 Å². The van der Waals surface area contributed by atoms with Crippen molar-refractivity contribution >= 4 is 8.53 Å². The highest BCUT2D eigenvalue weighted by atomic mass is 31.2. The van der Waals surface area contributed by atoms with E-state index in [1.807, 2.05) is 0 Å². The first-order chi connectivity index (χ1) is 6.02. The van der Waals surface area contributed by atoms with Gasteiger partial charge in [-0.1, -0.05) is 0 Å². The van der Waals surface area contributed by atoms with E-state index in [9.17, 15) is 5.11 Å². The van der Waals surface area contributed by atoms with Crippen LogP contribution in [-0.4, -0.2) is 56.3 Å². The molecule has 1 aliphatic rings. The lowest BCUT2D eigenvalue weighted by Crippen LogP contribution is -2.56. The molecule has 1 saturated heterocycles. The number of ether oxygens (including phenoxy) is 1. The van der Waals surface area contributed by atoms with E-state index >= 15 is 0 Å². The number of aliphatic hydroxyl groups excluding tert-OH is 3. The molecule has 1 rings (SSSR count). The van der Waals surface area contributed by atoms with E-state index in [1.165, 1.54) is 0 Å². The topological polar surface area (TPSA) is 122 Å². The second-order valence-corrected chi connectivity index (χ2v) is 3.56. The Hall–Kier alpha value is 0.150. The predicted octanol–water partition coefficient (Wildman–Crippen LogP) is -2.77. The zero-order valence-corrected chi connectivity index (χ0v) is 7.50. The fraction of sp³-hybridized carbons (Fsp3) is 1.00. The number of nitrogens with one attached hydrogen (secondary N) is 1. The molecule has 78 valence electrons. The second kappa shape index (κ2) is 4.59. The third-order valence-corrected chi connectivity index (χ3v) is 2.23. The van der Waals surface area contributed by atoms with Crippen molar-refractivity contribution in [3.8, 4) is 0 Å². The van der Waals surface area contributed by atoms with Crippen LogP contribution in [0.3, 0.4) is 0 Å². The van der Waals surface area contributed by atoms with Gasteiger partial charge in [0.25, 0.3) is 8.53 Å². The van der Waals surface area contributed by atoms with Crippen LogP contribution in [0.25, 0.3) is 0 Å². The maximum atomic E-state index is 9.25. The summed E-state index contributed by atoms with van der Waals surface area (Å²) in [7, 11) is -2.41. The van der Waals surface area contributed by atoms with Crippen LogP contribution in [0.5, 0.6) is 0 Å². The van der Waals surface area contributed by atoms with Crippen molar-refractivity contribution in [1.29, 1.82) is 0 Å². The standard InChI is InChI=1S/C5H12NO6P/c7-2-1-12-5(6-13(10)11)4(9)3(2)8/h2-11H,1H2/t2-,3-,4-,5-/m1/s1. The summed E-state index contributed by atoms with van der Waals surface area (Å²) in [5.74, 6) is 0. The largest absolute Gasteiger partial charge is 0.388 e. The zero-order chi connectivity index (χ0) is 10.0. The van der Waals surface area contributed by atoms with E-state index in [4.69, 9.17) is 24.7 Å². The van der Waals surface area contributed by atoms with Gasteiger partial charge in [-0.2, -0.15) is 0 Å². The van der Waals surface area contributed by atoms with Crippen molar-refractivity contribution in [3.05, 3.63) is 0 Å². The van der Waals surface area contributed by atoms with Gasteiger partial charge in [0, 0.05) is 0 Å². The molecule has 0 unspecified atom stereocenters. The summed E-state index contributed by atoms with van der Waals surface area (Å²) < 4.78 is 4.81. The summed E-state index contributed by atoms with van der Waals surface area (Å²) in [6, 6.07) is 0. The molecule has 1 fully saturated rings. The smallest absolute Gasteiger partial charge is 0.252 e. The monoisotopic (exact) mass is 213 g/mol. The minimum absolute atomic E-state index is 0.168. The molecule has 7 nitrogen and oxygen atoms in total. The maximum absolute atomic E-state index is 9.25. The number of rotatable bonds is 2. The fourth-order valence-electron chi connectivity index (χ4n) is 1.03. The Morgan fingerprint density at radius 3 is 2.31 bits per heavy atom. The van der Waals surface area contributed by atoms with Crippen molar-refractivity contribution in [2.45, 2.75) is 24.5 Å². The fourth-order valence-corrected chi connectivity index (χ4v) is 1.49.